The third kappa shape index (κ3) is 3.97. The molecule has 0 aliphatic rings. The van der Waals surface area contributed by atoms with Gasteiger partial charge in [-0.1, -0.05) is 65.3 Å². The van der Waals surface area contributed by atoms with Crippen LogP contribution < -0.4 is 10.6 Å². The highest BCUT2D eigenvalue weighted by Crippen LogP contribution is 2.21. The quantitative estimate of drug-likeness (QED) is 0.766. The molecule has 5 nitrogen and oxygen atoms in total. The molecule has 1 heterocycles. The Morgan fingerprint density at radius 1 is 1.09 bits per heavy atom. The number of nitrogens with zero attached hydrogens (tertiary/aromatic N) is 1. The van der Waals surface area contributed by atoms with Crippen molar-refractivity contribution in [2.24, 2.45) is 0 Å². The lowest BCUT2D eigenvalue weighted by atomic mass is 10.1. The third-order valence-electron chi connectivity index (χ3n) is 3.38. The van der Waals surface area contributed by atoms with Crippen LogP contribution in [0.25, 0.3) is 11.3 Å². The lowest BCUT2D eigenvalue weighted by Gasteiger charge is -2.05. The van der Waals surface area contributed by atoms with Crippen molar-refractivity contribution in [3.63, 3.8) is 0 Å². The molecule has 0 aliphatic heterocycles. The van der Waals surface area contributed by atoms with Gasteiger partial charge in [-0.3, -0.25) is 5.32 Å². The van der Waals surface area contributed by atoms with Crippen LogP contribution in [0.4, 0.5) is 10.6 Å². The van der Waals surface area contributed by atoms with E-state index in [1.165, 1.54) is 5.56 Å². The molecule has 23 heavy (non-hydrogen) atoms. The van der Waals surface area contributed by atoms with Gasteiger partial charge in [0.1, 0.15) is 0 Å². The summed E-state index contributed by atoms with van der Waals surface area (Å²) in [6.07, 6.45) is 0. The average molecular weight is 307 g/mol. The standard InChI is InChI=1S/C18H17N3O2/c1-13-7-9-14(10-8-13)12-19-18(22)20-17-11-16(23-21-17)15-5-3-2-4-6-15/h2-11H,12H2,1H3,(H2,19,20,21,22). The fourth-order valence-corrected chi connectivity index (χ4v) is 2.12. The number of aromatic nitrogens is 1. The summed E-state index contributed by atoms with van der Waals surface area (Å²) in [5.41, 5.74) is 3.14. The largest absolute Gasteiger partial charge is 0.354 e. The lowest BCUT2D eigenvalue weighted by Crippen LogP contribution is -2.28. The maximum atomic E-state index is 11.9. The predicted molar refractivity (Wildman–Crippen MR) is 89.0 cm³/mol. The Morgan fingerprint density at radius 3 is 2.57 bits per heavy atom. The maximum absolute atomic E-state index is 11.9. The van der Waals surface area contributed by atoms with Crippen molar-refractivity contribution in [2.45, 2.75) is 13.5 Å². The number of urea groups is 1. The summed E-state index contributed by atoms with van der Waals surface area (Å²) in [5.74, 6) is 0.990. The molecule has 0 fully saturated rings. The van der Waals surface area contributed by atoms with Gasteiger partial charge in [-0.2, -0.15) is 0 Å². The highest BCUT2D eigenvalue weighted by atomic mass is 16.5. The summed E-state index contributed by atoms with van der Waals surface area (Å²) in [6, 6.07) is 19.0. The molecule has 2 N–H and O–H groups in total. The van der Waals surface area contributed by atoms with E-state index in [1.807, 2.05) is 61.5 Å². The summed E-state index contributed by atoms with van der Waals surface area (Å²) < 4.78 is 5.24. The van der Waals surface area contributed by atoms with Crippen LogP contribution in [-0.4, -0.2) is 11.2 Å². The van der Waals surface area contributed by atoms with Crippen molar-refractivity contribution in [3.05, 3.63) is 71.8 Å². The molecule has 0 radical (unpaired) electrons. The Balaban J connectivity index is 1.56. The molecule has 3 aromatic rings. The van der Waals surface area contributed by atoms with Crippen LogP contribution >= 0.6 is 0 Å². The summed E-state index contributed by atoms with van der Waals surface area (Å²) >= 11 is 0. The van der Waals surface area contributed by atoms with Crippen LogP contribution in [0.1, 0.15) is 11.1 Å². The summed E-state index contributed by atoms with van der Waals surface area (Å²) in [6.45, 7) is 2.48. The van der Waals surface area contributed by atoms with Crippen molar-refractivity contribution in [2.75, 3.05) is 5.32 Å². The van der Waals surface area contributed by atoms with E-state index in [-0.39, 0.29) is 6.03 Å². The highest BCUT2D eigenvalue weighted by molar-refractivity contribution is 5.88. The minimum Gasteiger partial charge on any atom is -0.354 e. The van der Waals surface area contributed by atoms with E-state index in [0.717, 1.165) is 11.1 Å². The van der Waals surface area contributed by atoms with E-state index < -0.39 is 0 Å². The zero-order valence-electron chi connectivity index (χ0n) is 12.7. The maximum Gasteiger partial charge on any atom is 0.320 e. The molecule has 0 unspecified atom stereocenters. The Labute approximate surface area is 134 Å². The van der Waals surface area contributed by atoms with E-state index in [9.17, 15) is 4.79 Å². The van der Waals surface area contributed by atoms with Crippen molar-refractivity contribution in [3.8, 4) is 11.3 Å². The summed E-state index contributed by atoms with van der Waals surface area (Å²) in [5, 5.41) is 9.30. The second-order valence-corrected chi connectivity index (χ2v) is 5.24. The minimum atomic E-state index is -0.321. The molecule has 0 atom stereocenters. The molecular formula is C18H17N3O2. The number of aryl methyl sites for hydroxylation is 1. The molecule has 2 aromatic carbocycles. The molecule has 0 saturated carbocycles. The Morgan fingerprint density at radius 2 is 1.83 bits per heavy atom. The van der Waals surface area contributed by atoms with Crippen LogP contribution in [0.3, 0.4) is 0 Å². The van der Waals surface area contributed by atoms with Gasteiger partial charge in [0.15, 0.2) is 11.6 Å². The normalized spacial score (nSPS) is 10.3. The number of carbonyl (C=O) groups is 1. The van der Waals surface area contributed by atoms with Gasteiger partial charge in [0, 0.05) is 18.2 Å². The smallest absolute Gasteiger partial charge is 0.320 e. The van der Waals surface area contributed by atoms with Crippen molar-refractivity contribution < 1.29 is 9.32 Å². The number of nitrogens with one attached hydrogen (secondary N) is 2. The fraction of sp³-hybridized carbons (Fsp3) is 0.111. The van der Waals surface area contributed by atoms with Crippen LogP contribution in [0, 0.1) is 6.92 Å². The van der Waals surface area contributed by atoms with Gasteiger partial charge in [-0.25, -0.2) is 4.79 Å². The Hall–Kier alpha value is -3.08. The van der Waals surface area contributed by atoms with Gasteiger partial charge in [-0.05, 0) is 12.5 Å². The van der Waals surface area contributed by atoms with Crippen LogP contribution in [0.2, 0.25) is 0 Å². The molecule has 116 valence electrons. The third-order valence-corrected chi connectivity index (χ3v) is 3.38. The van der Waals surface area contributed by atoms with Gasteiger partial charge < -0.3 is 9.84 Å². The number of carbonyl (C=O) groups excluding carboxylic acids is 1. The number of rotatable bonds is 4. The lowest BCUT2D eigenvalue weighted by molar-refractivity contribution is 0.251. The van der Waals surface area contributed by atoms with Gasteiger partial charge >= 0.3 is 6.03 Å². The van der Waals surface area contributed by atoms with E-state index >= 15 is 0 Å². The average Bonchev–Trinajstić information content (AvgIpc) is 3.04. The van der Waals surface area contributed by atoms with E-state index in [2.05, 4.69) is 15.8 Å². The number of hydrogen-bond acceptors (Lipinski definition) is 3. The second kappa shape index (κ2) is 6.79. The predicted octanol–water partition coefficient (Wildman–Crippen LogP) is 3.97. The zero-order chi connectivity index (χ0) is 16.1. The van der Waals surface area contributed by atoms with Crippen LogP contribution in [0.5, 0.6) is 0 Å². The highest BCUT2D eigenvalue weighted by Gasteiger charge is 2.09. The van der Waals surface area contributed by atoms with Gasteiger partial charge in [-0.15, -0.1) is 0 Å². The number of anilines is 1. The molecule has 0 saturated heterocycles. The first-order chi connectivity index (χ1) is 11.2. The first-order valence-corrected chi connectivity index (χ1v) is 7.33. The van der Waals surface area contributed by atoms with Crippen LogP contribution in [-0.2, 0) is 6.54 Å². The molecular weight excluding hydrogens is 290 g/mol. The topological polar surface area (TPSA) is 67.2 Å². The summed E-state index contributed by atoms with van der Waals surface area (Å²) in [4.78, 5) is 11.9. The number of benzene rings is 2. The first kappa shape index (κ1) is 14.8. The SMILES string of the molecule is Cc1ccc(CNC(=O)Nc2cc(-c3ccccc3)on2)cc1. The number of amides is 2. The molecule has 1 aromatic heterocycles. The molecule has 0 aliphatic carbocycles. The molecule has 2 amide bonds. The van der Waals surface area contributed by atoms with Crippen LogP contribution in [0.15, 0.2) is 65.2 Å². The van der Waals surface area contributed by atoms with Gasteiger partial charge in [0.05, 0.1) is 0 Å². The Kier molecular flexibility index (Phi) is 4.38. The molecule has 3 rings (SSSR count). The second-order valence-electron chi connectivity index (χ2n) is 5.24. The van der Waals surface area contributed by atoms with Crippen molar-refractivity contribution in [1.29, 1.82) is 0 Å². The first-order valence-electron chi connectivity index (χ1n) is 7.33. The van der Waals surface area contributed by atoms with E-state index in [1.54, 1.807) is 6.07 Å². The molecule has 0 spiro atoms. The van der Waals surface area contributed by atoms with Crippen molar-refractivity contribution in [1.82, 2.24) is 10.5 Å². The summed E-state index contributed by atoms with van der Waals surface area (Å²) in [7, 11) is 0. The Bertz CT molecular complexity index is 780. The van der Waals surface area contributed by atoms with E-state index in [4.69, 9.17) is 4.52 Å². The number of hydrogen-bond donors (Lipinski definition) is 2. The minimum absolute atomic E-state index is 0.321. The van der Waals surface area contributed by atoms with Gasteiger partial charge in [0.2, 0.25) is 0 Å². The van der Waals surface area contributed by atoms with E-state index in [0.29, 0.717) is 18.1 Å². The van der Waals surface area contributed by atoms with Crippen molar-refractivity contribution >= 4 is 11.8 Å². The zero-order valence-corrected chi connectivity index (χ0v) is 12.7. The molecule has 0 bridgehead atoms. The van der Waals surface area contributed by atoms with Gasteiger partial charge in [0.25, 0.3) is 0 Å². The molecule has 5 heteroatoms. The fourth-order valence-electron chi connectivity index (χ4n) is 2.12. The monoisotopic (exact) mass is 307 g/mol.